The van der Waals surface area contributed by atoms with Crippen molar-refractivity contribution in [3.8, 4) is 10.8 Å². The van der Waals surface area contributed by atoms with Crippen LogP contribution in [0.2, 0.25) is 0 Å². The minimum absolute atomic E-state index is 0.394. The van der Waals surface area contributed by atoms with E-state index in [1.807, 2.05) is 24.4 Å². The van der Waals surface area contributed by atoms with E-state index < -0.39 is 0 Å². The molecule has 0 amide bonds. The molecule has 0 spiro atoms. The zero-order valence-corrected chi connectivity index (χ0v) is 10.4. The second-order valence-corrected chi connectivity index (χ2v) is 4.66. The van der Waals surface area contributed by atoms with Crippen LogP contribution < -0.4 is 5.73 Å². The maximum atomic E-state index is 5.62. The van der Waals surface area contributed by atoms with E-state index in [0.29, 0.717) is 24.1 Å². The molecule has 7 nitrogen and oxygen atoms in total. The van der Waals surface area contributed by atoms with Gasteiger partial charge in [0.25, 0.3) is 5.89 Å². The summed E-state index contributed by atoms with van der Waals surface area (Å²) in [5.74, 6) is 1.48. The SMILES string of the molecule is Cc1c(N)nnn1Cc1noc(-c2cccs2)n1. The number of nitrogens with two attached hydrogens (primary N) is 1. The van der Waals surface area contributed by atoms with E-state index in [0.717, 1.165) is 10.6 Å². The van der Waals surface area contributed by atoms with Crippen molar-refractivity contribution in [1.82, 2.24) is 25.1 Å². The van der Waals surface area contributed by atoms with E-state index in [2.05, 4.69) is 20.5 Å². The Balaban J connectivity index is 1.84. The van der Waals surface area contributed by atoms with E-state index in [4.69, 9.17) is 10.3 Å². The van der Waals surface area contributed by atoms with Crippen LogP contribution >= 0.6 is 11.3 Å². The van der Waals surface area contributed by atoms with Gasteiger partial charge >= 0.3 is 0 Å². The molecular formula is C10H10N6OS. The smallest absolute Gasteiger partial charge is 0.268 e. The molecule has 18 heavy (non-hydrogen) atoms. The molecule has 0 aliphatic heterocycles. The fraction of sp³-hybridized carbons (Fsp3) is 0.200. The predicted molar refractivity (Wildman–Crippen MR) is 65.9 cm³/mol. The fourth-order valence-corrected chi connectivity index (χ4v) is 2.12. The van der Waals surface area contributed by atoms with E-state index in [9.17, 15) is 0 Å². The van der Waals surface area contributed by atoms with E-state index in [1.54, 1.807) is 16.0 Å². The van der Waals surface area contributed by atoms with Crippen LogP contribution in [0.1, 0.15) is 11.5 Å². The van der Waals surface area contributed by atoms with Gasteiger partial charge in [-0.15, -0.1) is 16.4 Å². The van der Waals surface area contributed by atoms with Crippen LogP contribution in [-0.4, -0.2) is 25.1 Å². The Bertz CT molecular complexity index is 656. The van der Waals surface area contributed by atoms with Crippen LogP contribution in [0.15, 0.2) is 22.0 Å². The van der Waals surface area contributed by atoms with Crippen molar-refractivity contribution < 1.29 is 4.52 Å². The van der Waals surface area contributed by atoms with Crippen molar-refractivity contribution in [3.63, 3.8) is 0 Å². The molecule has 3 rings (SSSR count). The monoisotopic (exact) mass is 262 g/mol. The minimum Gasteiger partial charge on any atom is -0.381 e. The summed E-state index contributed by atoms with van der Waals surface area (Å²) in [6.45, 7) is 2.24. The molecule has 0 aliphatic carbocycles. The van der Waals surface area contributed by atoms with Gasteiger partial charge in [-0.2, -0.15) is 4.98 Å². The second-order valence-electron chi connectivity index (χ2n) is 3.71. The highest BCUT2D eigenvalue weighted by Crippen LogP contribution is 2.22. The third kappa shape index (κ3) is 1.86. The quantitative estimate of drug-likeness (QED) is 0.765. The molecule has 0 aromatic carbocycles. The summed E-state index contributed by atoms with van der Waals surface area (Å²) in [7, 11) is 0. The molecule has 92 valence electrons. The Morgan fingerprint density at radius 2 is 2.39 bits per heavy atom. The van der Waals surface area contributed by atoms with Crippen molar-refractivity contribution in [2.75, 3.05) is 5.73 Å². The molecule has 3 aromatic heterocycles. The van der Waals surface area contributed by atoms with Crippen LogP contribution in [0.3, 0.4) is 0 Å². The molecule has 0 radical (unpaired) electrons. The Hall–Kier alpha value is -2.22. The van der Waals surface area contributed by atoms with Gasteiger partial charge in [-0.1, -0.05) is 16.4 Å². The number of nitrogen functional groups attached to an aromatic ring is 1. The molecule has 0 atom stereocenters. The lowest BCUT2D eigenvalue weighted by Gasteiger charge is -1.97. The van der Waals surface area contributed by atoms with Crippen molar-refractivity contribution in [1.29, 1.82) is 0 Å². The van der Waals surface area contributed by atoms with E-state index in [1.165, 1.54) is 0 Å². The van der Waals surface area contributed by atoms with Gasteiger partial charge in [0.2, 0.25) is 0 Å². The molecule has 0 saturated carbocycles. The number of hydrogen-bond acceptors (Lipinski definition) is 7. The van der Waals surface area contributed by atoms with Gasteiger partial charge < -0.3 is 10.3 Å². The summed E-state index contributed by atoms with van der Waals surface area (Å²) < 4.78 is 6.82. The Labute approximate surface area is 106 Å². The molecule has 3 heterocycles. The third-order valence-electron chi connectivity index (χ3n) is 2.51. The van der Waals surface area contributed by atoms with Crippen molar-refractivity contribution in [2.24, 2.45) is 0 Å². The van der Waals surface area contributed by atoms with E-state index in [-0.39, 0.29) is 0 Å². The first-order chi connectivity index (χ1) is 8.74. The van der Waals surface area contributed by atoms with Crippen LogP contribution in [0.25, 0.3) is 10.8 Å². The number of aromatic nitrogens is 5. The summed E-state index contributed by atoms with van der Waals surface area (Å²) in [6, 6.07) is 3.87. The topological polar surface area (TPSA) is 95.7 Å². The first-order valence-electron chi connectivity index (χ1n) is 5.26. The maximum absolute atomic E-state index is 5.62. The third-order valence-corrected chi connectivity index (χ3v) is 3.37. The maximum Gasteiger partial charge on any atom is 0.268 e. The molecule has 2 N–H and O–H groups in total. The number of rotatable bonds is 3. The van der Waals surface area contributed by atoms with Crippen molar-refractivity contribution in [2.45, 2.75) is 13.5 Å². The first kappa shape index (κ1) is 10.9. The van der Waals surface area contributed by atoms with Gasteiger partial charge in [0, 0.05) is 0 Å². The highest BCUT2D eigenvalue weighted by molar-refractivity contribution is 7.13. The highest BCUT2D eigenvalue weighted by atomic mass is 32.1. The summed E-state index contributed by atoms with van der Waals surface area (Å²) in [5, 5.41) is 13.5. The summed E-state index contributed by atoms with van der Waals surface area (Å²) in [4.78, 5) is 5.25. The molecule has 0 bridgehead atoms. The molecule has 8 heteroatoms. The zero-order valence-electron chi connectivity index (χ0n) is 9.57. The normalized spacial score (nSPS) is 10.9. The van der Waals surface area contributed by atoms with Gasteiger partial charge in [-0.25, -0.2) is 4.68 Å². The average Bonchev–Trinajstić information content (AvgIpc) is 3.06. The van der Waals surface area contributed by atoms with Crippen LogP contribution in [-0.2, 0) is 6.54 Å². The predicted octanol–water partition coefficient (Wildman–Crippen LogP) is 1.33. The zero-order chi connectivity index (χ0) is 12.5. The summed E-state index contributed by atoms with van der Waals surface area (Å²) in [6.07, 6.45) is 0. The van der Waals surface area contributed by atoms with Crippen molar-refractivity contribution >= 4 is 17.2 Å². The Morgan fingerprint density at radius 1 is 1.50 bits per heavy atom. The highest BCUT2D eigenvalue weighted by Gasteiger charge is 2.12. The number of anilines is 1. The van der Waals surface area contributed by atoms with Crippen LogP contribution in [0, 0.1) is 6.92 Å². The molecule has 0 aliphatic rings. The Morgan fingerprint density at radius 3 is 3.06 bits per heavy atom. The number of hydrogen-bond donors (Lipinski definition) is 1. The summed E-state index contributed by atoms with van der Waals surface area (Å²) >= 11 is 1.55. The van der Waals surface area contributed by atoms with Gasteiger partial charge in [-0.05, 0) is 18.4 Å². The fourth-order valence-electron chi connectivity index (χ4n) is 1.48. The lowest BCUT2D eigenvalue weighted by atomic mass is 10.4. The number of thiophene rings is 1. The van der Waals surface area contributed by atoms with E-state index >= 15 is 0 Å². The second kappa shape index (κ2) is 4.22. The Kier molecular flexibility index (Phi) is 2.56. The van der Waals surface area contributed by atoms with Gasteiger partial charge in [0.05, 0.1) is 10.6 Å². The standard InChI is InChI=1S/C10H10N6OS/c1-6-9(11)13-15-16(6)5-8-12-10(17-14-8)7-3-2-4-18-7/h2-4H,5,11H2,1H3. The molecule has 0 fully saturated rings. The largest absolute Gasteiger partial charge is 0.381 e. The van der Waals surface area contributed by atoms with Crippen molar-refractivity contribution in [3.05, 3.63) is 29.0 Å². The van der Waals surface area contributed by atoms with Gasteiger partial charge in [-0.3, -0.25) is 0 Å². The minimum atomic E-state index is 0.394. The molecule has 3 aromatic rings. The van der Waals surface area contributed by atoms with Crippen LogP contribution in [0.5, 0.6) is 0 Å². The van der Waals surface area contributed by atoms with Gasteiger partial charge in [0.1, 0.15) is 6.54 Å². The summed E-state index contributed by atoms with van der Waals surface area (Å²) in [5.41, 5.74) is 6.41. The lowest BCUT2D eigenvalue weighted by Crippen LogP contribution is -2.05. The molecule has 0 unspecified atom stereocenters. The molecule has 0 saturated heterocycles. The van der Waals surface area contributed by atoms with Crippen LogP contribution in [0.4, 0.5) is 5.82 Å². The lowest BCUT2D eigenvalue weighted by molar-refractivity contribution is 0.418. The first-order valence-corrected chi connectivity index (χ1v) is 6.14. The van der Waals surface area contributed by atoms with Gasteiger partial charge in [0.15, 0.2) is 11.6 Å². The number of nitrogens with zero attached hydrogens (tertiary/aromatic N) is 5. The average molecular weight is 262 g/mol. The molecular weight excluding hydrogens is 252 g/mol.